The van der Waals surface area contributed by atoms with Crippen molar-refractivity contribution in [2.45, 2.75) is 105 Å². The van der Waals surface area contributed by atoms with Crippen molar-refractivity contribution in [3.8, 4) is 11.1 Å². The lowest BCUT2D eigenvalue weighted by Crippen LogP contribution is -2.24. The second kappa shape index (κ2) is 11.8. The SMILES string of the molecule is C=C(C)Cc1c(C)cc2c(c1-c1ccc(C)cc1)CC(c1ccc3c(c1)C(C1CCC(C(=C)C4(C)CCCC4)CC1)=CC3C)=C2. The van der Waals surface area contributed by atoms with Gasteiger partial charge < -0.3 is 0 Å². The monoisotopic (exact) mass is 592 g/mol. The zero-order chi connectivity index (χ0) is 31.5. The van der Waals surface area contributed by atoms with E-state index in [0.29, 0.717) is 17.3 Å². The van der Waals surface area contributed by atoms with Gasteiger partial charge in [0.15, 0.2) is 0 Å². The zero-order valence-corrected chi connectivity index (χ0v) is 28.5. The molecule has 4 aliphatic rings. The Morgan fingerprint density at radius 3 is 2.27 bits per heavy atom. The summed E-state index contributed by atoms with van der Waals surface area (Å²) in [6.45, 7) is 20.5. The summed E-state index contributed by atoms with van der Waals surface area (Å²) in [4.78, 5) is 0. The molecule has 2 saturated carbocycles. The summed E-state index contributed by atoms with van der Waals surface area (Å²) < 4.78 is 0. The summed E-state index contributed by atoms with van der Waals surface area (Å²) in [5, 5.41) is 0. The van der Waals surface area contributed by atoms with Crippen LogP contribution in [-0.4, -0.2) is 0 Å². The first-order valence-corrected chi connectivity index (χ1v) is 17.7. The summed E-state index contributed by atoms with van der Waals surface area (Å²) in [5.74, 6) is 1.90. The summed E-state index contributed by atoms with van der Waals surface area (Å²) in [5.41, 5.74) is 20.5. The number of hydrogen-bond donors (Lipinski definition) is 0. The van der Waals surface area contributed by atoms with Crippen molar-refractivity contribution in [3.05, 3.63) is 123 Å². The van der Waals surface area contributed by atoms with Crippen LogP contribution < -0.4 is 0 Å². The third-order valence-corrected chi connectivity index (χ3v) is 12.1. The fraction of sp³-hybridized carbons (Fsp3) is 0.422. The number of rotatable bonds is 7. The number of aryl methyl sites for hydroxylation is 2. The van der Waals surface area contributed by atoms with Crippen molar-refractivity contribution in [1.29, 1.82) is 0 Å². The van der Waals surface area contributed by atoms with Gasteiger partial charge in [0.25, 0.3) is 0 Å². The molecular formula is C45H52. The van der Waals surface area contributed by atoms with E-state index >= 15 is 0 Å². The summed E-state index contributed by atoms with van der Waals surface area (Å²) in [7, 11) is 0. The van der Waals surface area contributed by atoms with E-state index in [2.05, 4.69) is 102 Å². The van der Waals surface area contributed by atoms with E-state index in [1.807, 2.05) is 0 Å². The molecule has 0 nitrogen and oxygen atoms in total. The normalized spacial score (nSPS) is 23.4. The maximum Gasteiger partial charge on any atom is 0.000174 e. The molecule has 0 spiro atoms. The maximum atomic E-state index is 4.70. The van der Waals surface area contributed by atoms with Crippen LogP contribution >= 0.6 is 0 Å². The van der Waals surface area contributed by atoms with Gasteiger partial charge in [-0.1, -0.05) is 111 Å². The van der Waals surface area contributed by atoms with Gasteiger partial charge in [0.1, 0.15) is 0 Å². The number of allylic oxidation sites excluding steroid dienone is 5. The molecule has 0 N–H and O–H groups in total. The first-order chi connectivity index (χ1) is 21.6. The predicted octanol–water partition coefficient (Wildman–Crippen LogP) is 12.6. The molecular weight excluding hydrogens is 540 g/mol. The Morgan fingerprint density at radius 1 is 0.889 bits per heavy atom. The highest BCUT2D eigenvalue weighted by molar-refractivity contribution is 5.94. The van der Waals surface area contributed by atoms with Crippen LogP contribution in [0.15, 0.2) is 78.9 Å². The van der Waals surface area contributed by atoms with Crippen LogP contribution in [-0.2, 0) is 12.8 Å². The van der Waals surface area contributed by atoms with Crippen molar-refractivity contribution in [3.63, 3.8) is 0 Å². The average molecular weight is 593 g/mol. The van der Waals surface area contributed by atoms with Crippen LogP contribution in [0.2, 0.25) is 0 Å². The average Bonchev–Trinajstić information content (AvgIpc) is 3.75. The molecule has 0 radical (unpaired) electrons. The van der Waals surface area contributed by atoms with Crippen LogP contribution in [0.5, 0.6) is 0 Å². The molecule has 45 heavy (non-hydrogen) atoms. The highest BCUT2D eigenvalue weighted by Crippen LogP contribution is 2.52. The largest absolute Gasteiger partial charge is 0.0998 e. The Labute approximate surface area is 273 Å². The molecule has 0 heteroatoms. The molecule has 0 aromatic heterocycles. The zero-order valence-electron chi connectivity index (χ0n) is 28.5. The first-order valence-electron chi connectivity index (χ1n) is 17.7. The number of benzene rings is 3. The highest BCUT2D eigenvalue weighted by Gasteiger charge is 2.38. The first kappa shape index (κ1) is 30.3. The minimum Gasteiger partial charge on any atom is -0.0998 e. The molecule has 0 bridgehead atoms. The Hall–Kier alpha value is -3.38. The molecule has 2 fully saturated rings. The molecule has 232 valence electrons. The molecule has 0 saturated heterocycles. The van der Waals surface area contributed by atoms with Gasteiger partial charge in [0.2, 0.25) is 0 Å². The van der Waals surface area contributed by atoms with Gasteiger partial charge in [-0.3, -0.25) is 0 Å². The lowest BCUT2D eigenvalue weighted by Gasteiger charge is -2.37. The minimum atomic E-state index is 0.399. The second-order valence-corrected chi connectivity index (χ2v) is 15.5. The molecule has 0 amide bonds. The van der Waals surface area contributed by atoms with Crippen molar-refractivity contribution in [2.24, 2.45) is 17.3 Å². The van der Waals surface area contributed by atoms with Crippen LogP contribution in [0.4, 0.5) is 0 Å². The molecule has 4 aliphatic carbocycles. The minimum absolute atomic E-state index is 0.399. The molecule has 1 atom stereocenters. The van der Waals surface area contributed by atoms with Gasteiger partial charge in [0, 0.05) is 5.92 Å². The summed E-state index contributed by atoms with van der Waals surface area (Å²) >= 11 is 0. The van der Waals surface area contributed by atoms with Gasteiger partial charge in [-0.05, 0) is 157 Å². The number of fused-ring (bicyclic) bond motifs is 2. The molecule has 3 aromatic carbocycles. The van der Waals surface area contributed by atoms with Gasteiger partial charge in [-0.15, -0.1) is 0 Å². The lowest BCUT2D eigenvalue weighted by atomic mass is 9.68. The molecule has 0 aliphatic heterocycles. The predicted molar refractivity (Wildman–Crippen MR) is 195 cm³/mol. The fourth-order valence-corrected chi connectivity index (χ4v) is 9.39. The summed E-state index contributed by atoms with van der Waals surface area (Å²) in [6, 6.07) is 19.0. The smallest absolute Gasteiger partial charge is 0.000174 e. The Balaban J connectivity index is 1.16. The lowest BCUT2D eigenvalue weighted by molar-refractivity contribution is 0.287. The third-order valence-electron chi connectivity index (χ3n) is 12.1. The van der Waals surface area contributed by atoms with E-state index in [9.17, 15) is 0 Å². The van der Waals surface area contributed by atoms with E-state index in [-0.39, 0.29) is 0 Å². The van der Waals surface area contributed by atoms with E-state index < -0.39 is 0 Å². The van der Waals surface area contributed by atoms with E-state index in [4.69, 9.17) is 6.58 Å². The third kappa shape index (κ3) is 5.54. The molecule has 0 heterocycles. The van der Waals surface area contributed by atoms with Gasteiger partial charge in [-0.25, -0.2) is 0 Å². The van der Waals surface area contributed by atoms with Crippen LogP contribution in [0.25, 0.3) is 28.3 Å². The van der Waals surface area contributed by atoms with Gasteiger partial charge >= 0.3 is 0 Å². The number of hydrogen-bond acceptors (Lipinski definition) is 0. The Kier molecular flexibility index (Phi) is 7.92. The quantitative estimate of drug-likeness (QED) is 0.239. The standard InChI is InChI=1S/C45H52/c1-28(2)22-40-30(4)23-38-25-37(27-42(38)44(40)35-12-10-29(3)11-13-35)36-18-19-39-31(5)24-41(43(39)26-36)34-16-14-33(15-17-34)32(6)45(7)20-8-9-21-45/h10-13,18-19,23-26,31,33-34H,1,6,8-9,14-17,20-22,27H2,2-5,7H3. The topological polar surface area (TPSA) is 0 Å². The molecule has 7 rings (SSSR count). The van der Waals surface area contributed by atoms with Crippen LogP contribution in [0, 0.1) is 31.1 Å². The molecule has 3 aromatic rings. The highest BCUT2D eigenvalue weighted by atomic mass is 14.4. The van der Waals surface area contributed by atoms with Gasteiger partial charge in [-0.2, -0.15) is 0 Å². The van der Waals surface area contributed by atoms with Crippen molar-refractivity contribution < 1.29 is 0 Å². The second-order valence-electron chi connectivity index (χ2n) is 15.5. The maximum absolute atomic E-state index is 4.70. The van der Waals surface area contributed by atoms with Crippen molar-refractivity contribution in [2.75, 3.05) is 0 Å². The van der Waals surface area contributed by atoms with Crippen LogP contribution in [0.3, 0.4) is 0 Å². The van der Waals surface area contributed by atoms with Crippen LogP contribution in [0.1, 0.15) is 123 Å². The van der Waals surface area contributed by atoms with E-state index in [1.165, 1.54) is 118 Å². The van der Waals surface area contributed by atoms with Crippen molar-refractivity contribution in [1.82, 2.24) is 0 Å². The Morgan fingerprint density at radius 2 is 1.58 bits per heavy atom. The van der Waals surface area contributed by atoms with E-state index in [0.717, 1.165) is 18.8 Å². The summed E-state index contributed by atoms with van der Waals surface area (Å²) in [6.07, 6.45) is 17.7. The molecule has 1 unspecified atom stereocenters. The van der Waals surface area contributed by atoms with Crippen molar-refractivity contribution >= 4 is 17.2 Å². The fourth-order valence-electron chi connectivity index (χ4n) is 9.39. The van der Waals surface area contributed by atoms with E-state index in [1.54, 1.807) is 11.1 Å². The van der Waals surface area contributed by atoms with Gasteiger partial charge in [0.05, 0.1) is 0 Å². The Bertz CT molecular complexity index is 1720.